The molecule has 0 saturated carbocycles. The lowest BCUT2D eigenvalue weighted by Crippen LogP contribution is -2.32. The van der Waals surface area contributed by atoms with Gasteiger partial charge in [0.15, 0.2) is 0 Å². The molecule has 0 radical (unpaired) electrons. The first-order chi connectivity index (χ1) is 16.9. The molecule has 1 amide bonds. The van der Waals surface area contributed by atoms with Crippen LogP contribution in [0.2, 0.25) is 0 Å². The Morgan fingerprint density at radius 2 is 1.86 bits per heavy atom. The largest absolute Gasteiger partial charge is 0.289 e. The van der Waals surface area contributed by atoms with Gasteiger partial charge in [0.1, 0.15) is 10.3 Å². The van der Waals surface area contributed by atoms with E-state index in [1.54, 1.807) is 41.9 Å². The van der Waals surface area contributed by atoms with Crippen LogP contribution in [-0.2, 0) is 27.8 Å². The summed E-state index contributed by atoms with van der Waals surface area (Å²) in [5, 5.41) is 17.1. The SMILES string of the molecule is C#Cc1ccc(CC(C(=O)NO)n2cc(CNS(=O)(=O)c3ccc(-c4ccccc4)s3)nn2)cc1. The van der Waals surface area contributed by atoms with Gasteiger partial charge in [-0.3, -0.25) is 10.0 Å². The van der Waals surface area contributed by atoms with E-state index in [2.05, 4.69) is 21.0 Å². The molecule has 178 valence electrons. The summed E-state index contributed by atoms with van der Waals surface area (Å²) in [4.78, 5) is 13.1. The molecule has 9 nitrogen and oxygen atoms in total. The second kappa shape index (κ2) is 10.6. The van der Waals surface area contributed by atoms with Gasteiger partial charge in [-0.15, -0.1) is 22.9 Å². The van der Waals surface area contributed by atoms with Crippen molar-refractivity contribution in [2.45, 2.75) is 23.2 Å². The molecular formula is C24H21N5O4S2. The van der Waals surface area contributed by atoms with Crippen molar-refractivity contribution in [1.29, 1.82) is 0 Å². The molecule has 0 spiro atoms. The number of amides is 1. The minimum Gasteiger partial charge on any atom is -0.289 e. The summed E-state index contributed by atoms with van der Waals surface area (Å²) in [5.74, 6) is 1.84. The zero-order valence-corrected chi connectivity index (χ0v) is 20.0. The van der Waals surface area contributed by atoms with Crippen molar-refractivity contribution in [2.24, 2.45) is 0 Å². The zero-order valence-electron chi connectivity index (χ0n) is 18.3. The molecule has 1 unspecified atom stereocenters. The van der Waals surface area contributed by atoms with Crippen molar-refractivity contribution in [2.75, 3.05) is 0 Å². The van der Waals surface area contributed by atoms with Gasteiger partial charge >= 0.3 is 0 Å². The molecule has 4 aromatic rings. The van der Waals surface area contributed by atoms with Gasteiger partial charge in [0.05, 0.1) is 18.4 Å². The minimum atomic E-state index is -3.78. The van der Waals surface area contributed by atoms with Crippen LogP contribution < -0.4 is 10.2 Å². The summed E-state index contributed by atoms with van der Waals surface area (Å²) in [5.41, 5.74) is 4.38. The van der Waals surface area contributed by atoms with E-state index in [0.29, 0.717) is 11.3 Å². The Kier molecular flexibility index (Phi) is 7.38. The first-order valence-electron chi connectivity index (χ1n) is 10.4. The predicted molar refractivity (Wildman–Crippen MR) is 131 cm³/mol. The number of rotatable bonds is 9. The van der Waals surface area contributed by atoms with Crippen LogP contribution in [-0.4, -0.2) is 34.5 Å². The lowest BCUT2D eigenvalue weighted by atomic mass is 10.0. The molecule has 0 aliphatic carbocycles. The van der Waals surface area contributed by atoms with E-state index in [-0.39, 0.29) is 17.2 Å². The molecule has 4 rings (SSSR count). The normalized spacial score (nSPS) is 12.1. The lowest BCUT2D eigenvalue weighted by molar-refractivity contribution is -0.133. The highest BCUT2D eigenvalue weighted by Crippen LogP contribution is 2.30. The number of carbonyl (C=O) groups excluding carboxylic acids is 1. The highest BCUT2D eigenvalue weighted by Gasteiger charge is 2.23. The van der Waals surface area contributed by atoms with Crippen molar-refractivity contribution in [3.8, 4) is 22.8 Å². The summed E-state index contributed by atoms with van der Waals surface area (Å²) in [6.07, 6.45) is 7.04. The van der Waals surface area contributed by atoms with Gasteiger partial charge in [-0.05, 0) is 35.4 Å². The molecule has 11 heteroatoms. The smallest absolute Gasteiger partial charge is 0.268 e. The number of nitrogens with zero attached hydrogens (tertiary/aromatic N) is 3. The Bertz CT molecular complexity index is 1460. The quantitative estimate of drug-likeness (QED) is 0.182. The van der Waals surface area contributed by atoms with Crippen molar-refractivity contribution in [1.82, 2.24) is 25.2 Å². The fourth-order valence-corrected chi connectivity index (χ4v) is 5.71. The Balaban J connectivity index is 1.45. The monoisotopic (exact) mass is 507 g/mol. The Morgan fingerprint density at radius 3 is 2.54 bits per heavy atom. The molecule has 0 bridgehead atoms. The summed E-state index contributed by atoms with van der Waals surface area (Å²) in [6.45, 7) is -0.120. The van der Waals surface area contributed by atoms with Crippen LogP contribution in [0.1, 0.15) is 22.9 Å². The van der Waals surface area contributed by atoms with Crippen LogP contribution in [0.25, 0.3) is 10.4 Å². The van der Waals surface area contributed by atoms with Gasteiger partial charge < -0.3 is 0 Å². The number of nitrogens with one attached hydrogen (secondary N) is 2. The van der Waals surface area contributed by atoms with Gasteiger partial charge in [-0.25, -0.2) is 23.3 Å². The van der Waals surface area contributed by atoms with Gasteiger partial charge in [-0.1, -0.05) is 53.6 Å². The fourth-order valence-electron chi connectivity index (χ4n) is 3.35. The molecular weight excluding hydrogens is 486 g/mol. The highest BCUT2D eigenvalue weighted by atomic mass is 32.2. The van der Waals surface area contributed by atoms with Gasteiger partial charge in [0.25, 0.3) is 5.91 Å². The van der Waals surface area contributed by atoms with E-state index in [0.717, 1.165) is 27.3 Å². The Labute approximate surface area is 206 Å². The number of aromatic nitrogens is 3. The van der Waals surface area contributed by atoms with Gasteiger partial charge in [0, 0.05) is 16.9 Å². The lowest BCUT2D eigenvalue weighted by Gasteiger charge is -2.14. The number of sulfonamides is 1. The second-order valence-electron chi connectivity index (χ2n) is 7.54. The van der Waals surface area contributed by atoms with Gasteiger partial charge in [0.2, 0.25) is 10.0 Å². The van der Waals surface area contributed by atoms with Crippen LogP contribution >= 0.6 is 11.3 Å². The second-order valence-corrected chi connectivity index (χ2v) is 10.6. The Hall–Kier alpha value is -3.82. The summed E-state index contributed by atoms with van der Waals surface area (Å²) >= 11 is 1.16. The number of carbonyl (C=O) groups is 1. The molecule has 0 saturated heterocycles. The number of hydroxylamine groups is 1. The maximum Gasteiger partial charge on any atom is 0.268 e. The number of thiophene rings is 1. The van der Waals surface area contributed by atoms with Crippen LogP contribution in [0.15, 0.2) is 77.1 Å². The molecule has 2 aromatic heterocycles. The van der Waals surface area contributed by atoms with Crippen LogP contribution in [0.5, 0.6) is 0 Å². The van der Waals surface area contributed by atoms with E-state index in [1.807, 2.05) is 30.3 Å². The highest BCUT2D eigenvalue weighted by molar-refractivity contribution is 7.91. The summed E-state index contributed by atoms with van der Waals surface area (Å²) in [6, 6.07) is 19.0. The first-order valence-corrected chi connectivity index (χ1v) is 12.7. The fraction of sp³-hybridized carbons (Fsp3) is 0.125. The Morgan fingerprint density at radius 1 is 1.11 bits per heavy atom. The average Bonchev–Trinajstić information content (AvgIpc) is 3.57. The molecule has 0 fully saturated rings. The molecule has 2 heterocycles. The zero-order chi connectivity index (χ0) is 24.8. The molecule has 0 aliphatic heterocycles. The molecule has 35 heavy (non-hydrogen) atoms. The third-order valence-electron chi connectivity index (χ3n) is 5.19. The minimum absolute atomic E-state index is 0.120. The first kappa shape index (κ1) is 24.3. The van der Waals surface area contributed by atoms with E-state index in [4.69, 9.17) is 6.42 Å². The topological polar surface area (TPSA) is 126 Å². The summed E-state index contributed by atoms with van der Waals surface area (Å²) in [7, 11) is -3.78. The number of hydrogen-bond donors (Lipinski definition) is 3. The molecule has 1 atom stereocenters. The van der Waals surface area contributed by atoms with E-state index in [9.17, 15) is 18.4 Å². The summed E-state index contributed by atoms with van der Waals surface area (Å²) < 4.78 is 29.5. The average molecular weight is 508 g/mol. The number of hydrogen-bond acceptors (Lipinski definition) is 7. The van der Waals surface area contributed by atoms with Crippen LogP contribution in [0.4, 0.5) is 0 Å². The number of benzene rings is 2. The molecule has 0 aliphatic rings. The molecule has 3 N–H and O–H groups in total. The van der Waals surface area contributed by atoms with Crippen molar-refractivity contribution in [3.05, 3.63) is 89.7 Å². The maximum atomic E-state index is 12.8. The predicted octanol–water partition coefficient (Wildman–Crippen LogP) is 2.76. The van der Waals surface area contributed by atoms with E-state index in [1.165, 1.54) is 10.9 Å². The third-order valence-corrected chi connectivity index (χ3v) is 8.21. The van der Waals surface area contributed by atoms with Crippen molar-refractivity contribution < 1.29 is 18.4 Å². The third kappa shape index (κ3) is 5.82. The standard InChI is InChI=1S/C24H21N5O4S2/c1-2-17-8-10-18(11-9-17)14-21(24(30)27-31)29-16-20(26-28-29)15-25-35(32,33)23-13-12-22(34-23)19-6-4-3-5-7-19/h1,3-13,16,21,25,31H,14-15H2,(H,27,30). The van der Waals surface area contributed by atoms with Crippen LogP contribution in [0, 0.1) is 12.3 Å². The molecule has 2 aromatic carbocycles. The van der Waals surface area contributed by atoms with Crippen molar-refractivity contribution in [3.63, 3.8) is 0 Å². The van der Waals surface area contributed by atoms with Crippen molar-refractivity contribution >= 4 is 27.3 Å². The van der Waals surface area contributed by atoms with Crippen LogP contribution in [0.3, 0.4) is 0 Å². The van der Waals surface area contributed by atoms with E-state index >= 15 is 0 Å². The number of terminal acetylenes is 1. The maximum absolute atomic E-state index is 12.8. The van der Waals surface area contributed by atoms with Gasteiger partial charge in [-0.2, -0.15) is 0 Å². The van der Waals surface area contributed by atoms with E-state index < -0.39 is 22.0 Å².